The topological polar surface area (TPSA) is 154 Å². The highest BCUT2D eigenvalue weighted by atomic mass is 32.2. The monoisotopic (exact) mass is 689 g/mol. The number of rotatable bonds is 11. The van der Waals surface area contributed by atoms with Crippen molar-refractivity contribution in [3.63, 3.8) is 0 Å². The molecule has 0 fully saturated rings. The third-order valence-corrected chi connectivity index (χ3v) is 9.81. The molecule has 0 spiro atoms. The molecule has 0 saturated heterocycles. The van der Waals surface area contributed by atoms with Gasteiger partial charge in [0.1, 0.15) is 11.9 Å². The highest BCUT2D eigenvalue weighted by Gasteiger charge is 2.35. The normalized spacial score (nSPS) is 17.0. The van der Waals surface area contributed by atoms with Gasteiger partial charge in [-0.3, -0.25) is 19.2 Å². The zero-order valence-corrected chi connectivity index (χ0v) is 28.3. The summed E-state index contributed by atoms with van der Waals surface area (Å²) >= 11 is 0. The van der Waals surface area contributed by atoms with E-state index in [-0.39, 0.29) is 40.3 Å². The Morgan fingerprint density at radius 2 is 1.71 bits per heavy atom. The van der Waals surface area contributed by atoms with Crippen LogP contribution in [0.1, 0.15) is 40.1 Å². The molecule has 0 bridgehead atoms. The molecule has 5 N–H and O–H groups in total. The largest absolute Gasteiger partial charge is 0.486 e. The lowest BCUT2D eigenvalue weighted by Gasteiger charge is -2.38. The molecule has 4 aromatic carbocycles. The minimum Gasteiger partial charge on any atom is -0.486 e. The van der Waals surface area contributed by atoms with Crippen LogP contribution in [-0.2, 0) is 16.6 Å². The molecule has 11 nitrogen and oxygen atoms in total. The molecule has 0 aromatic heterocycles. The molecule has 5 rings (SSSR count). The molecule has 13 heteroatoms. The summed E-state index contributed by atoms with van der Waals surface area (Å²) in [5.41, 5.74) is 8.57. The molecule has 49 heavy (non-hydrogen) atoms. The SMILES string of the molecule is C[C@@H]1CN([C@@H](C)CO)C(=O)c2cccc(NS(=O)(=O)c3ccc(F)cc3)c2O[C@@H]1CN(C)Cc1ccc(C(=O)Nc2ccccc2N)cc1. The lowest BCUT2D eigenvalue weighted by atomic mass is 9.99. The fraction of sp³-hybridized carbons (Fsp3) is 0.278. The van der Waals surface area contributed by atoms with Crippen LogP contribution in [0.2, 0.25) is 0 Å². The van der Waals surface area contributed by atoms with Crippen LogP contribution >= 0.6 is 0 Å². The second-order valence-corrected chi connectivity index (χ2v) is 14.0. The second kappa shape index (κ2) is 15.1. The lowest BCUT2D eigenvalue weighted by Crippen LogP contribution is -2.49. The number of sulfonamides is 1. The highest BCUT2D eigenvalue weighted by molar-refractivity contribution is 7.92. The maximum atomic E-state index is 13.8. The molecule has 2 amide bonds. The zero-order valence-electron chi connectivity index (χ0n) is 27.5. The van der Waals surface area contributed by atoms with Crippen LogP contribution in [0.5, 0.6) is 5.75 Å². The molecule has 0 aliphatic carbocycles. The molecule has 1 aliphatic heterocycles. The maximum Gasteiger partial charge on any atom is 0.262 e. The van der Waals surface area contributed by atoms with Crippen molar-refractivity contribution in [3.05, 3.63) is 114 Å². The third-order valence-electron chi connectivity index (χ3n) is 8.43. The van der Waals surface area contributed by atoms with Gasteiger partial charge in [-0.1, -0.05) is 37.3 Å². The number of likely N-dealkylation sites (N-methyl/N-ethyl adjacent to an activating group) is 1. The summed E-state index contributed by atoms with van der Waals surface area (Å²) in [6.07, 6.45) is -0.511. The van der Waals surface area contributed by atoms with Crippen molar-refractivity contribution in [2.75, 3.05) is 42.5 Å². The molecule has 1 aliphatic rings. The van der Waals surface area contributed by atoms with Crippen LogP contribution in [0.25, 0.3) is 0 Å². The minimum absolute atomic E-state index is 0.0552. The van der Waals surface area contributed by atoms with Crippen LogP contribution in [0, 0.1) is 11.7 Å². The fourth-order valence-electron chi connectivity index (χ4n) is 5.61. The van der Waals surface area contributed by atoms with Crippen molar-refractivity contribution < 1.29 is 32.2 Å². The van der Waals surface area contributed by atoms with E-state index in [1.54, 1.807) is 60.4 Å². The first-order chi connectivity index (χ1) is 23.4. The Morgan fingerprint density at radius 1 is 1.04 bits per heavy atom. The van der Waals surface area contributed by atoms with E-state index in [0.29, 0.717) is 36.6 Å². The Morgan fingerprint density at radius 3 is 2.39 bits per heavy atom. The van der Waals surface area contributed by atoms with E-state index < -0.39 is 33.9 Å². The number of hydrogen-bond donors (Lipinski definition) is 4. The molecular weight excluding hydrogens is 649 g/mol. The van der Waals surface area contributed by atoms with Crippen molar-refractivity contribution in [2.24, 2.45) is 5.92 Å². The zero-order chi connectivity index (χ0) is 35.3. The molecule has 0 unspecified atom stereocenters. The maximum absolute atomic E-state index is 13.8. The van der Waals surface area contributed by atoms with Gasteiger partial charge in [0.05, 0.1) is 40.2 Å². The number of nitrogens with two attached hydrogens (primary N) is 1. The Kier molecular flexibility index (Phi) is 10.9. The molecule has 3 atom stereocenters. The van der Waals surface area contributed by atoms with Crippen molar-refractivity contribution in [3.8, 4) is 5.75 Å². The summed E-state index contributed by atoms with van der Waals surface area (Å²) in [6, 6.07) is 22.7. The fourth-order valence-corrected chi connectivity index (χ4v) is 6.67. The van der Waals surface area contributed by atoms with Gasteiger partial charge in [-0.25, -0.2) is 12.8 Å². The average Bonchev–Trinajstić information content (AvgIpc) is 3.07. The molecule has 1 heterocycles. The molecule has 0 saturated carbocycles. The van der Waals surface area contributed by atoms with Gasteiger partial charge < -0.3 is 25.8 Å². The van der Waals surface area contributed by atoms with E-state index >= 15 is 0 Å². The number of hydrogen-bond acceptors (Lipinski definition) is 8. The smallest absolute Gasteiger partial charge is 0.262 e. The van der Waals surface area contributed by atoms with Gasteiger partial charge in [0, 0.05) is 31.1 Å². The Hall–Kier alpha value is -4.98. The molecular formula is C36H40FN5O6S. The van der Waals surface area contributed by atoms with Crippen molar-refractivity contribution in [1.82, 2.24) is 9.80 Å². The highest BCUT2D eigenvalue weighted by Crippen LogP contribution is 2.36. The van der Waals surface area contributed by atoms with Crippen LogP contribution in [-0.4, -0.2) is 74.0 Å². The van der Waals surface area contributed by atoms with Crippen LogP contribution in [0.3, 0.4) is 0 Å². The number of nitrogens with one attached hydrogen (secondary N) is 2. The van der Waals surface area contributed by atoms with E-state index in [1.807, 2.05) is 31.0 Å². The van der Waals surface area contributed by atoms with Gasteiger partial charge in [0.25, 0.3) is 21.8 Å². The number of benzene rings is 4. The number of amides is 2. The second-order valence-electron chi connectivity index (χ2n) is 12.3. The summed E-state index contributed by atoms with van der Waals surface area (Å²) in [7, 11) is -2.25. The number of anilines is 3. The molecule has 4 aromatic rings. The van der Waals surface area contributed by atoms with Gasteiger partial charge in [-0.05, 0) is 80.2 Å². The number of nitrogen functional groups attached to an aromatic ring is 1. The summed E-state index contributed by atoms with van der Waals surface area (Å²) in [6.45, 7) is 4.61. The van der Waals surface area contributed by atoms with Crippen molar-refractivity contribution >= 4 is 38.9 Å². The number of nitrogens with zero attached hydrogens (tertiary/aromatic N) is 2. The van der Waals surface area contributed by atoms with Crippen molar-refractivity contribution in [1.29, 1.82) is 0 Å². The number of carbonyl (C=O) groups is 2. The molecule has 258 valence electrons. The summed E-state index contributed by atoms with van der Waals surface area (Å²) in [4.78, 5) is 30.0. The van der Waals surface area contributed by atoms with Crippen molar-refractivity contribution in [2.45, 2.75) is 37.4 Å². The first-order valence-electron chi connectivity index (χ1n) is 15.8. The number of fused-ring (bicyclic) bond motifs is 1. The summed E-state index contributed by atoms with van der Waals surface area (Å²) in [5.74, 6) is -1.43. The minimum atomic E-state index is -4.17. The quantitative estimate of drug-likeness (QED) is 0.164. The van der Waals surface area contributed by atoms with Crippen LogP contribution in [0.15, 0.2) is 95.9 Å². The van der Waals surface area contributed by atoms with Gasteiger partial charge in [-0.15, -0.1) is 0 Å². The van der Waals surface area contributed by atoms with Gasteiger partial charge >= 0.3 is 0 Å². The standard InChI is InChI=1S/C36H40FN5O6S/c1-23-19-42(24(2)22-43)36(45)29-7-6-10-32(40-49(46,47)28-17-15-27(37)16-18-28)34(29)48-33(23)21-41(3)20-25-11-13-26(14-12-25)35(44)39-31-9-5-4-8-30(31)38/h4-18,23-24,33,40,43H,19-22,38H2,1-3H3,(H,39,44)/t23-,24+,33-/m1/s1. The van der Waals surface area contributed by atoms with E-state index in [1.165, 1.54) is 6.07 Å². The number of aliphatic hydroxyl groups is 1. The van der Waals surface area contributed by atoms with E-state index in [0.717, 1.165) is 29.8 Å². The predicted molar refractivity (Wildman–Crippen MR) is 186 cm³/mol. The van der Waals surface area contributed by atoms with Crippen LogP contribution in [0.4, 0.5) is 21.5 Å². The van der Waals surface area contributed by atoms with Gasteiger partial charge in [0.15, 0.2) is 5.75 Å². The first-order valence-corrected chi connectivity index (χ1v) is 17.3. The average molecular weight is 690 g/mol. The number of halogens is 1. The van der Waals surface area contributed by atoms with E-state index in [2.05, 4.69) is 10.0 Å². The van der Waals surface area contributed by atoms with Gasteiger partial charge in [-0.2, -0.15) is 0 Å². The number of carbonyl (C=O) groups excluding carboxylic acids is 2. The predicted octanol–water partition coefficient (Wildman–Crippen LogP) is 4.81. The van der Waals surface area contributed by atoms with E-state index in [9.17, 15) is 27.5 Å². The lowest BCUT2D eigenvalue weighted by molar-refractivity contribution is 0.0344. The first kappa shape index (κ1) is 35.3. The van der Waals surface area contributed by atoms with E-state index in [4.69, 9.17) is 10.5 Å². The number of ether oxygens (including phenoxy) is 1. The summed E-state index contributed by atoms with van der Waals surface area (Å²) in [5, 5.41) is 12.8. The summed E-state index contributed by atoms with van der Waals surface area (Å²) < 4.78 is 49.2. The Bertz CT molecular complexity index is 1910. The Labute approximate surface area is 285 Å². The third kappa shape index (κ3) is 8.37. The van der Waals surface area contributed by atoms with Gasteiger partial charge in [0.2, 0.25) is 0 Å². The van der Waals surface area contributed by atoms with Crippen LogP contribution < -0.4 is 20.5 Å². The number of aliphatic hydroxyl groups excluding tert-OH is 1. The number of para-hydroxylation sites is 3. The Balaban J connectivity index is 1.37. The molecule has 0 radical (unpaired) electrons.